The standard InChI is InChI=1S/C18H28N6OS/c1-3-7-19-18(26)22-17-20-15(23-9-11-25-12-10-23)13-16(21-17)24-8-5-4-6-14(24)2/h3,13-14H,1,4-12H2,2H3,(H2,19,20,21,22,26)/t14-/m0/s1. The fourth-order valence-electron chi connectivity index (χ4n) is 3.33. The number of hydrogen-bond acceptors (Lipinski definition) is 6. The summed E-state index contributed by atoms with van der Waals surface area (Å²) in [7, 11) is 0. The van der Waals surface area contributed by atoms with Crippen molar-refractivity contribution in [3.05, 3.63) is 18.7 Å². The second-order valence-electron chi connectivity index (χ2n) is 6.67. The molecule has 26 heavy (non-hydrogen) atoms. The molecule has 0 bridgehead atoms. The minimum atomic E-state index is 0.481. The first-order chi connectivity index (χ1) is 12.7. The van der Waals surface area contributed by atoms with Gasteiger partial charge in [0.05, 0.1) is 13.2 Å². The Morgan fingerprint density at radius 1 is 1.31 bits per heavy atom. The number of hydrogen-bond donors (Lipinski definition) is 2. The summed E-state index contributed by atoms with van der Waals surface area (Å²) in [5.74, 6) is 2.41. The average Bonchev–Trinajstić information content (AvgIpc) is 2.67. The molecule has 0 radical (unpaired) electrons. The molecule has 1 atom stereocenters. The molecule has 142 valence electrons. The summed E-state index contributed by atoms with van der Waals surface area (Å²) < 4.78 is 5.47. The quantitative estimate of drug-likeness (QED) is 0.599. The average molecular weight is 377 g/mol. The van der Waals surface area contributed by atoms with Crippen LogP contribution in [-0.4, -0.2) is 60.5 Å². The molecule has 0 amide bonds. The highest BCUT2D eigenvalue weighted by Crippen LogP contribution is 2.27. The summed E-state index contributed by atoms with van der Waals surface area (Å²) in [6.07, 6.45) is 5.43. The Morgan fingerprint density at radius 2 is 2.08 bits per heavy atom. The minimum Gasteiger partial charge on any atom is -0.378 e. The van der Waals surface area contributed by atoms with Crippen LogP contribution in [0.15, 0.2) is 18.7 Å². The summed E-state index contributed by atoms with van der Waals surface area (Å²) in [5.41, 5.74) is 0. The number of morpholine rings is 1. The smallest absolute Gasteiger partial charge is 0.232 e. The van der Waals surface area contributed by atoms with Gasteiger partial charge in [-0.25, -0.2) is 0 Å². The number of piperidine rings is 1. The Morgan fingerprint density at radius 3 is 2.81 bits per heavy atom. The molecule has 2 aliphatic heterocycles. The summed E-state index contributed by atoms with van der Waals surface area (Å²) in [6, 6.07) is 2.58. The minimum absolute atomic E-state index is 0.481. The fourth-order valence-corrected chi connectivity index (χ4v) is 3.50. The molecule has 0 unspecified atom stereocenters. The van der Waals surface area contributed by atoms with Gasteiger partial charge in [0, 0.05) is 38.3 Å². The lowest BCUT2D eigenvalue weighted by Gasteiger charge is -2.35. The maximum absolute atomic E-state index is 5.47. The molecule has 2 N–H and O–H groups in total. The molecule has 2 fully saturated rings. The van der Waals surface area contributed by atoms with Crippen molar-refractivity contribution < 1.29 is 4.74 Å². The first-order valence-electron chi connectivity index (χ1n) is 9.31. The second-order valence-corrected chi connectivity index (χ2v) is 7.08. The zero-order valence-electron chi connectivity index (χ0n) is 15.4. The molecule has 2 saturated heterocycles. The van der Waals surface area contributed by atoms with Crippen LogP contribution < -0.4 is 20.4 Å². The van der Waals surface area contributed by atoms with Crippen LogP contribution in [0.25, 0.3) is 0 Å². The van der Waals surface area contributed by atoms with E-state index in [1.54, 1.807) is 6.08 Å². The normalized spacial score (nSPS) is 20.6. The van der Waals surface area contributed by atoms with Crippen LogP contribution in [0.3, 0.4) is 0 Å². The number of aromatic nitrogens is 2. The lowest BCUT2D eigenvalue weighted by atomic mass is 10.0. The van der Waals surface area contributed by atoms with Gasteiger partial charge in [-0.1, -0.05) is 6.08 Å². The Hall–Kier alpha value is -1.93. The van der Waals surface area contributed by atoms with Crippen LogP contribution in [0.4, 0.5) is 17.6 Å². The van der Waals surface area contributed by atoms with E-state index in [0.717, 1.165) is 44.5 Å². The molecule has 3 heterocycles. The third-order valence-corrected chi connectivity index (χ3v) is 5.01. The molecule has 3 rings (SSSR count). The molecule has 1 aromatic heterocycles. The van der Waals surface area contributed by atoms with E-state index in [0.29, 0.717) is 23.6 Å². The zero-order valence-corrected chi connectivity index (χ0v) is 16.2. The van der Waals surface area contributed by atoms with Crippen molar-refractivity contribution >= 4 is 34.9 Å². The van der Waals surface area contributed by atoms with Crippen LogP contribution in [0.2, 0.25) is 0 Å². The van der Waals surface area contributed by atoms with Crippen molar-refractivity contribution in [3.63, 3.8) is 0 Å². The summed E-state index contributed by atoms with van der Waals surface area (Å²) in [6.45, 7) is 10.7. The number of nitrogens with zero attached hydrogens (tertiary/aromatic N) is 4. The molecule has 0 saturated carbocycles. The van der Waals surface area contributed by atoms with E-state index < -0.39 is 0 Å². The van der Waals surface area contributed by atoms with Gasteiger partial charge in [-0.3, -0.25) is 0 Å². The van der Waals surface area contributed by atoms with Crippen LogP contribution >= 0.6 is 12.2 Å². The molecule has 0 aromatic carbocycles. The first-order valence-corrected chi connectivity index (χ1v) is 9.72. The topological polar surface area (TPSA) is 65.6 Å². The predicted octanol–water partition coefficient (Wildman–Crippen LogP) is 2.16. The van der Waals surface area contributed by atoms with Crippen LogP contribution in [0.5, 0.6) is 0 Å². The van der Waals surface area contributed by atoms with Crippen molar-refractivity contribution in [2.45, 2.75) is 32.2 Å². The monoisotopic (exact) mass is 376 g/mol. The molecule has 0 aliphatic carbocycles. The molecule has 2 aliphatic rings. The Bertz CT molecular complexity index is 634. The molecular formula is C18H28N6OS. The van der Waals surface area contributed by atoms with E-state index in [1.807, 2.05) is 0 Å². The van der Waals surface area contributed by atoms with E-state index in [2.05, 4.69) is 40.0 Å². The highest BCUT2D eigenvalue weighted by molar-refractivity contribution is 7.80. The number of nitrogens with one attached hydrogen (secondary N) is 2. The Kier molecular flexibility index (Phi) is 6.62. The lowest BCUT2D eigenvalue weighted by molar-refractivity contribution is 0.122. The fraction of sp³-hybridized carbons (Fsp3) is 0.611. The van der Waals surface area contributed by atoms with Gasteiger partial charge in [0.15, 0.2) is 5.11 Å². The number of rotatable bonds is 5. The van der Waals surface area contributed by atoms with Gasteiger partial charge in [-0.05, 0) is 38.4 Å². The Labute approximate surface area is 160 Å². The van der Waals surface area contributed by atoms with Gasteiger partial charge < -0.3 is 25.2 Å². The number of ether oxygens (including phenoxy) is 1. The van der Waals surface area contributed by atoms with E-state index in [1.165, 1.54) is 19.3 Å². The molecule has 1 aromatic rings. The van der Waals surface area contributed by atoms with Crippen LogP contribution in [0, 0.1) is 0 Å². The summed E-state index contributed by atoms with van der Waals surface area (Å²) in [5, 5.41) is 6.68. The van der Waals surface area contributed by atoms with E-state index in [9.17, 15) is 0 Å². The third kappa shape index (κ3) is 4.82. The maximum Gasteiger partial charge on any atom is 0.232 e. The maximum atomic E-state index is 5.47. The van der Waals surface area contributed by atoms with E-state index in [-0.39, 0.29) is 0 Å². The molecule has 0 spiro atoms. The van der Waals surface area contributed by atoms with E-state index >= 15 is 0 Å². The van der Waals surface area contributed by atoms with Gasteiger partial charge in [0.2, 0.25) is 5.95 Å². The number of anilines is 3. The second kappa shape index (κ2) is 9.14. The number of thiocarbonyl (C=S) groups is 1. The summed E-state index contributed by atoms with van der Waals surface area (Å²) >= 11 is 5.33. The highest BCUT2D eigenvalue weighted by atomic mass is 32.1. The van der Waals surface area contributed by atoms with Gasteiger partial charge in [0.1, 0.15) is 11.6 Å². The lowest BCUT2D eigenvalue weighted by Crippen LogP contribution is -2.40. The third-order valence-electron chi connectivity index (χ3n) is 4.76. The van der Waals surface area contributed by atoms with Gasteiger partial charge in [-0.15, -0.1) is 6.58 Å². The van der Waals surface area contributed by atoms with Crippen molar-refractivity contribution in [3.8, 4) is 0 Å². The van der Waals surface area contributed by atoms with Gasteiger partial charge in [0.25, 0.3) is 0 Å². The Balaban J connectivity index is 1.85. The zero-order chi connectivity index (χ0) is 18.4. The van der Waals surface area contributed by atoms with Crippen molar-refractivity contribution in [2.75, 3.05) is 54.5 Å². The van der Waals surface area contributed by atoms with Crippen molar-refractivity contribution in [2.24, 2.45) is 0 Å². The summed E-state index contributed by atoms with van der Waals surface area (Å²) in [4.78, 5) is 14.1. The highest BCUT2D eigenvalue weighted by Gasteiger charge is 2.23. The van der Waals surface area contributed by atoms with Crippen molar-refractivity contribution in [1.82, 2.24) is 15.3 Å². The van der Waals surface area contributed by atoms with Crippen LogP contribution in [0.1, 0.15) is 26.2 Å². The van der Waals surface area contributed by atoms with Crippen molar-refractivity contribution in [1.29, 1.82) is 0 Å². The molecular weight excluding hydrogens is 348 g/mol. The SMILES string of the molecule is C=CCNC(=S)Nc1nc(N2CCOCC2)cc(N2CCCC[C@@H]2C)n1. The molecule has 8 heteroatoms. The van der Waals surface area contributed by atoms with Crippen LogP contribution in [-0.2, 0) is 4.74 Å². The van der Waals surface area contributed by atoms with Gasteiger partial charge >= 0.3 is 0 Å². The largest absolute Gasteiger partial charge is 0.378 e. The predicted molar refractivity (Wildman–Crippen MR) is 110 cm³/mol. The van der Waals surface area contributed by atoms with E-state index in [4.69, 9.17) is 26.9 Å². The molecule has 7 nitrogen and oxygen atoms in total. The first kappa shape index (κ1) is 18.8. The van der Waals surface area contributed by atoms with Gasteiger partial charge in [-0.2, -0.15) is 9.97 Å².